The van der Waals surface area contributed by atoms with E-state index in [1.807, 2.05) is 0 Å². The molecule has 0 spiro atoms. The average Bonchev–Trinajstić information content (AvgIpc) is 2.65. The van der Waals surface area contributed by atoms with Gasteiger partial charge in [-0.05, 0) is 53.4 Å². The zero-order chi connectivity index (χ0) is 19.5. The molecule has 6 heteroatoms. The second kappa shape index (κ2) is 12.9. The fourth-order valence-corrected chi connectivity index (χ4v) is 7.96. The summed E-state index contributed by atoms with van der Waals surface area (Å²) >= 11 is 0. The van der Waals surface area contributed by atoms with Gasteiger partial charge in [0.1, 0.15) is 0 Å². The lowest BCUT2D eigenvalue weighted by molar-refractivity contribution is -0.235. The molecule has 0 amide bonds. The fourth-order valence-electron chi connectivity index (χ4n) is 4.07. The number of phosphoric acid groups is 1. The Bertz CT molecular complexity index is 359. The summed E-state index contributed by atoms with van der Waals surface area (Å²) in [6.45, 7) is 9.41. The molecule has 26 heavy (non-hydrogen) atoms. The van der Waals surface area contributed by atoms with Crippen LogP contribution in [0.5, 0.6) is 0 Å². The highest BCUT2D eigenvalue weighted by atomic mass is 31.2. The van der Waals surface area contributed by atoms with Crippen LogP contribution in [0.25, 0.3) is 0 Å². The molecule has 0 atom stereocenters. The Morgan fingerprint density at radius 1 is 0.731 bits per heavy atom. The third-order valence-corrected chi connectivity index (χ3v) is 12.8. The van der Waals surface area contributed by atoms with Crippen LogP contribution in [0.4, 0.5) is 0 Å². The Kier molecular flexibility index (Phi) is 12.2. The normalized spacial score (nSPS) is 20.5. The molecule has 0 aromatic rings. The van der Waals surface area contributed by atoms with Crippen LogP contribution in [-0.4, -0.2) is 36.9 Å². The van der Waals surface area contributed by atoms with Crippen molar-refractivity contribution in [2.75, 3.05) is 24.6 Å². The first kappa shape index (κ1) is 24.6. The summed E-state index contributed by atoms with van der Waals surface area (Å²) in [4.78, 5) is 11.8. The lowest BCUT2D eigenvalue weighted by Gasteiger charge is -2.34. The quantitative estimate of drug-likeness (QED) is 0.446. The van der Waals surface area contributed by atoms with Gasteiger partial charge in [0.05, 0.1) is 36.9 Å². The number of hydrogen-bond donors (Lipinski definition) is 0. The van der Waals surface area contributed by atoms with Gasteiger partial charge in [0.2, 0.25) is 0 Å². The lowest BCUT2D eigenvalue weighted by Crippen LogP contribution is -2.24. The molecule has 2 aliphatic carbocycles. The van der Waals surface area contributed by atoms with Crippen LogP contribution in [-0.2, 0) is 13.6 Å². The van der Waals surface area contributed by atoms with E-state index in [4.69, 9.17) is 9.05 Å². The summed E-state index contributed by atoms with van der Waals surface area (Å²) in [6, 6.07) is 0. The Morgan fingerprint density at radius 2 is 1.04 bits per heavy atom. The van der Waals surface area contributed by atoms with Crippen LogP contribution < -0.4 is 4.89 Å². The number of phosphoric ester groups is 1. The summed E-state index contributed by atoms with van der Waals surface area (Å²) in [5, 5.41) is 0. The van der Waals surface area contributed by atoms with Gasteiger partial charge in [-0.2, -0.15) is 0 Å². The molecule has 0 saturated heterocycles. The van der Waals surface area contributed by atoms with Crippen molar-refractivity contribution in [2.45, 2.75) is 104 Å². The second-order valence-electron chi connectivity index (χ2n) is 7.78. The van der Waals surface area contributed by atoms with Crippen LogP contribution in [0.2, 0.25) is 0 Å². The maximum Gasteiger partial charge on any atom is 0.268 e. The first-order valence-electron chi connectivity index (χ1n) is 10.9. The van der Waals surface area contributed by atoms with Crippen molar-refractivity contribution in [1.82, 2.24) is 0 Å². The molecule has 2 fully saturated rings. The Hall–Kier alpha value is 0.540. The molecule has 2 saturated carbocycles. The van der Waals surface area contributed by atoms with Crippen molar-refractivity contribution in [3.63, 3.8) is 0 Å². The van der Waals surface area contributed by atoms with E-state index in [2.05, 4.69) is 27.7 Å². The van der Waals surface area contributed by atoms with Gasteiger partial charge < -0.3 is 13.9 Å². The molecular formula is C20H42O4P2. The monoisotopic (exact) mass is 408 g/mol. The molecule has 0 bridgehead atoms. The lowest BCUT2D eigenvalue weighted by atomic mass is 9.98. The average molecular weight is 409 g/mol. The molecule has 0 heterocycles. The van der Waals surface area contributed by atoms with Gasteiger partial charge in [-0.1, -0.05) is 38.5 Å². The molecule has 2 rings (SSSR count). The SMILES string of the molecule is CC[P+](CC)(CC)CC.O=P([O-])(OC1CCCCC1)OC1CCCCC1. The van der Waals surface area contributed by atoms with Crippen molar-refractivity contribution in [2.24, 2.45) is 0 Å². The van der Waals surface area contributed by atoms with Crippen LogP contribution >= 0.6 is 15.1 Å². The first-order chi connectivity index (χ1) is 12.4. The standard InChI is InChI=1S/C12H23O4P.C8H20P/c13-17(14,15-11-7-3-1-4-8-11)16-12-9-5-2-6-10-12;1-5-9(6-2,7-3)8-4/h11-12H,1-10H2,(H,13,14);5-8H2,1-4H3/q;+1/p-1. The van der Waals surface area contributed by atoms with E-state index < -0.39 is 15.1 Å². The summed E-state index contributed by atoms with van der Waals surface area (Å²) < 4.78 is 22.1. The maximum atomic E-state index is 11.8. The van der Waals surface area contributed by atoms with E-state index in [1.165, 1.54) is 37.5 Å². The molecule has 0 N–H and O–H groups in total. The van der Waals surface area contributed by atoms with Gasteiger partial charge in [-0.25, -0.2) is 0 Å². The predicted octanol–water partition coefficient (Wildman–Crippen LogP) is 6.24. The summed E-state index contributed by atoms with van der Waals surface area (Å²) in [6.07, 6.45) is 15.6. The molecule has 156 valence electrons. The minimum atomic E-state index is -4.08. The van der Waals surface area contributed by atoms with Gasteiger partial charge in [0.15, 0.2) is 0 Å². The third-order valence-electron chi connectivity index (χ3n) is 6.34. The van der Waals surface area contributed by atoms with E-state index in [0.29, 0.717) is 0 Å². The maximum absolute atomic E-state index is 11.8. The van der Waals surface area contributed by atoms with E-state index in [1.54, 1.807) is 0 Å². The topological polar surface area (TPSA) is 58.6 Å². The van der Waals surface area contributed by atoms with Crippen molar-refractivity contribution in [3.05, 3.63) is 0 Å². The molecule has 0 aromatic carbocycles. The van der Waals surface area contributed by atoms with Crippen molar-refractivity contribution in [1.29, 1.82) is 0 Å². The van der Waals surface area contributed by atoms with Crippen molar-refractivity contribution < 1.29 is 18.5 Å². The molecule has 2 aliphatic rings. The minimum absolute atomic E-state index is 0.143. The van der Waals surface area contributed by atoms with Crippen LogP contribution in [0.1, 0.15) is 91.9 Å². The molecule has 0 radical (unpaired) electrons. The zero-order valence-corrected chi connectivity index (χ0v) is 19.4. The first-order valence-corrected chi connectivity index (χ1v) is 14.9. The van der Waals surface area contributed by atoms with E-state index in [-0.39, 0.29) is 12.2 Å². The summed E-state index contributed by atoms with van der Waals surface area (Å²) in [7, 11) is -4.50. The van der Waals surface area contributed by atoms with Gasteiger partial charge in [0.25, 0.3) is 7.82 Å². The highest BCUT2D eigenvalue weighted by molar-refractivity contribution is 7.75. The van der Waals surface area contributed by atoms with E-state index >= 15 is 0 Å². The second-order valence-corrected chi connectivity index (χ2v) is 14.3. The molecule has 0 aliphatic heterocycles. The Labute approximate surface area is 162 Å². The molecule has 0 unspecified atom stereocenters. The highest BCUT2D eigenvalue weighted by Gasteiger charge is 2.27. The zero-order valence-electron chi connectivity index (χ0n) is 17.6. The van der Waals surface area contributed by atoms with Gasteiger partial charge in [0, 0.05) is 7.26 Å². The van der Waals surface area contributed by atoms with E-state index in [9.17, 15) is 9.46 Å². The van der Waals surface area contributed by atoms with Crippen LogP contribution in [0, 0.1) is 0 Å². The van der Waals surface area contributed by atoms with Gasteiger partial charge in [-0.3, -0.25) is 4.57 Å². The van der Waals surface area contributed by atoms with Gasteiger partial charge in [-0.15, -0.1) is 0 Å². The van der Waals surface area contributed by atoms with Crippen LogP contribution in [0.15, 0.2) is 0 Å². The number of hydrogen-bond acceptors (Lipinski definition) is 4. The van der Waals surface area contributed by atoms with Crippen LogP contribution in [0.3, 0.4) is 0 Å². The predicted molar refractivity (Wildman–Crippen MR) is 113 cm³/mol. The highest BCUT2D eigenvalue weighted by Crippen LogP contribution is 2.57. The minimum Gasteiger partial charge on any atom is -0.756 e. The molecular weight excluding hydrogens is 366 g/mol. The number of rotatable bonds is 8. The largest absolute Gasteiger partial charge is 0.756 e. The van der Waals surface area contributed by atoms with Crippen molar-refractivity contribution >= 4 is 15.1 Å². The molecule has 4 nitrogen and oxygen atoms in total. The fraction of sp³-hybridized carbons (Fsp3) is 1.00. The summed E-state index contributed by atoms with van der Waals surface area (Å²) in [5.74, 6) is 0. The Morgan fingerprint density at radius 3 is 1.27 bits per heavy atom. The van der Waals surface area contributed by atoms with E-state index in [0.717, 1.165) is 51.4 Å². The molecule has 0 aromatic heterocycles. The van der Waals surface area contributed by atoms with Gasteiger partial charge >= 0.3 is 0 Å². The Balaban J connectivity index is 0.000000321. The summed E-state index contributed by atoms with van der Waals surface area (Å²) in [5.41, 5.74) is 0. The van der Waals surface area contributed by atoms with Crippen molar-refractivity contribution in [3.8, 4) is 0 Å². The third kappa shape index (κ3) is 9.16. The smallest absolute Gasteiger partial charge is 0.268 e.